The van der Waals surface area contributed by atoms with Gasteiger partial charge >= 0.3 is 19.8 Å². The molecule has 1 saturated heterocycles. The second kappa shape index (κ2) is 37.0. The molecule has 11 nitrogen and oxygen atoms in total. The van der Waals surface area contributed by atoms with E-state index in [2.05, 4.69) is 51.2 Å². The van der Waals surface area contributed by atoms with Gasteiger partial charge in [0, 0.05) is 12.8 Å². The second-order valence-corrected chi connectivity index (χ2v) is 17.7. The topological polar surface area (TPSA) is 161 Å². The van der Waals surface area contributed by atoms with E-state index in [1.807, 2.05) is 6.08 Å². The van der Waals surface area contributed by atoms with E-state index in [1.165, 1.54) is 89.9 Å². The summed E-state index contributed by atoms with van der Waals surface area (Å²) < 4.78 is 38.5. The minimum absolute atomic E-state index is 0.101. The zero-order chi connectivity index (χ0) is 42.5. The van der Waals surface area contributed by atoms with Gasteiger partial charge in [0.05, 0.1) is 32.0 Å². The Hall–Kier alpha value is -1.85. The van der Waals surface area contributed by atoms with Gasteiger partial charge in [0.1, 0.15) is 12.7 Å². The number of aliphatic hydroxyl groups is 2. The van der Waals surface area contributed by atoms with E-state index in [-0.39, 0.29) is 31.7 Å². The highest BCUT2D eigenvalue weighted by atomic mass is 31.2. The summed E-state index contributed by atoms with van der Waals surface area (Å²) in [6, 6.07) is 0. The quantitative estimate of drug-likeness (QED) is 0.0177. The molecule has 0 bridgehead atoms. The molecule has 3 unspecified atom stereocenters. The number of epoxide rings is 1. The Kier molecular flexibility index (Phi) is 34.5. The lowest BCUT2D eigenvalue weighted by atomic mass is 10.0. The molecule has 0 aromatic rings. The molecule has 5 atom stereocenters. The van der Waals surface area contributed by atoms with Crippen molar-refractivity contribution < 1.29 is 52.5 Å². The van der Waals surface area contributed by atoms with Crippen LogP contribution in [0.2, 0.25) is 0 Å². The van der Waals surface area contributed by atoms with Crippen LogP contribution in [0.25, 0.3) is 0 Å². The summed E-state index contributed by atoms with van der Waals surface area (Å²) in [5.74, 6) is -0.173. The van der Waals surface area contributed by atoms with E-state index in [0.717, 1.165) is 50.9 Å². The summed E-state index contributed by atoms with van der Waals surface area (Å²) >= 11 is 0. The standard InChI is InChI=1S/C46H83O11P/c1-4-5-6-7-8-15-19-22-27-32-43-44(57-43)33-28-24-25-30-35-46(50)56-42(39-55-58(51,52)54-37-41(48)36-47)38-53-45(49)34-29-23-20-17-14-12-10-9-11-13-16-18-21-26-31-40(2)3/h8,15,22,24,27-28,40-44,47-48H,4-7,9-14,16-21,23,25-26,29-39H2,1-3H3,(H,51,52)/b15-8-,27-22-,28-24-/t41-,42+,43?,44?/m0/s1. The molecule has 0 radical (unpaired) electrons. The molecular formula is C46H83O11P. The van der Waals surface area contributed by atoms with Crippen LogP contribution in [0.3, 0.4) is 0 Å². The number of hydrogen-bond donors (Lipinski definition) is 3. The van der Waals surface area contributed by atoms with Gasteiger partial charge in [0.25, 0.3) is 0 Å². The molecule has 1 heterocycles. The number of ether oxygens (including phenoxy) is 3. The molecule has 1 rings (SSSR count). The lowest BCUT2D eigenvalue weighted by molar-refractivity contribution is -0.161. The second-order valence-electron chi connectivity index (χ2n) is 16.3. The number of aliphatic hydroxyl groups excluding tert-OH is 2. The van der Waals surface area contributed by atoms with Crippen LogP contribution in [0.4, 0.5) is 0 Å². The third-order valence-electron chi connectivity index (χ3n) is 10.1. The fourth-order valence-corrected chi connectivity index (χ4v) is 7.24. The monoisotopic (exact) mass is 843 g/mol. The first kappa shape index (κ1) is 54.2. The number of rotatable bonds is 41. The Labute approximate surface area is 352 Å². The van der Waals surface area contributed by atoms with Crippen LogP contribution in [0.1, 0.15) is 188 Å². The highest BCUT2D eigenvalue weighted by Gasteiger charge is 2.36. The first-order chi connectivity index (χ1) is 28.1. The van der Waals surface area contributed by atoms with E-state index >= 15 is 0 Å². The Morgan fingerprint density at radius 3 is 1.78 bits per heavy atom. The normalized spacial score (nSPS) is 17.7. The number of unbranched alkanes of at least 4 members (excludes halogenated alkanes) is 17. The predicted octanol–water partition coefficient (Wildman–Crippen LogP) is 11.2. The van der Waals surface area contributed by atoms with Crippen LogP contribution >= 0.6 is 7.82 Å². The van der Waals surface area contributed by atoms with Crippen LogP contribution < -0.4 is 0 Å². The molecule has 0 spiro atoms. The molecule has 0 aromatic heterocycles. The smallest absolute Gasteiger partial charge is 0.462 e. The zero-order valence-corrected chi connectivity index (χ0v) is 37.5. The molecule has 0 aromatic carbocycles. The van der Waals surface area contributed by atoms with Crippen molar-refractivity contribution >= 4 is 19.8 Å². The van der Waals surface area contributed by atoms with Crippen molar-refractivity contribution in [1.29, 1.82) is 0 Å². The molecule has 12 heteroatoms. The summed E-state index contributed by atoms with van der Waals surface area (Å²) in [6.07, 6.45) is 38.6. The van der Waals surface area contributed by atoms with E-state index in [1.54, 1.807) is 0 Å². The van der Waals surface area contributed by atoms with E-state index in [9.17, 15) is 24.2 Å². The van der Waals surface area contributed by atoms with Crippen molar-refractivity contribution in [2.45, 2.75) is 212 Å². The van der Waals surface area contributed by atoms with E-state index in [0.29, 0.717) is 19.3 Å². The molecule has 3 N–H and O–H groups in total. The van der Waals surface area contributed by atoms with Gasteiger partial charge in [-0.15, -0.1) is 0 Å². The third kappa shape index (κ3) is 35.0. The number of phosphoric acid groups is 1. The fourth-order valence-electron chi connectivity index (χ4n) is 6.45. The first-order valence-electron chi connectivity index (χ1n) is 22.9. The maximum atomic E-state index is 12.6. The van der Waals surface area contributed by atoms with Crippen LogP contribution in [0, 0.1) is 5.92 Å². The van der Waals surface area contributed by atoms with Crippen molar-refractivity contribution in [3.63, 3.8) is 0 Å². The number of esters is 2. The molecule has 1 aliphatic heterocycles. The number of carbonyl (C=O) groups is 2. The minimum Gasteiger partial charge on any atom is -0.462 e. The first-order valence-corrected chi connectivity index (χ1v) is 24.4. The molecule has 338 valence electrons. The summed E-state index contributed by atoms with van der Waals surface area (Å²) in [5, 5.41) is 18.4. The van der Waals surface area contributed by atoms with Crippen molar-refractivity contribution in [3.05, 3.63) is 36.5 Å². The van der Waals surface area contributed by atoms with Gasteiger partial charge in [-0.2, -0.15) is 0 Å². The van der Waals surface area contributed by atoms with Gasteiger partial charge in [-0.25, -0.2) is 4.57 Å². The fraction of sp³-hybridized carbons (Fsp3) is 0.826. The average molecular weight is 843 g/mol. The number of phosphoric ester groups is 1. The maximum absolute atomic E-state index is 12.6. The Balaban J connectivity index is 2.27. The Morgan fingerprint density at radius 2 is 1.17 bits per heavy atom. The summed E-state index contributed by atoms with van der Waals surface area (Å²) in [4.78, 5) is 35.1. The predicted molar refractivity (Wildman–Crippen MR) is 232 cm³/mol. The zero-order valence-electron chi connectivity index (χ0n) is 36.6. The number of allylic oxidation sites excluding steroid dienone is 4. The van der Waals surface area contributed by atoms with Gasteiger partial charge in [0.15, 0.2) is 6.10 Å². The average Bonchev–Trinajstić information content (AvgIpc) is 3.96. The van der Waals surface area contributed by atoms with Gasteiger partial charge in [-0.1, -0.05) is 160 Å². The van der Waals surface area contributed by atoms with Gasteiger partial charge < -0.3 is 29.3 Å². The van der Waals surface area contributed by atoms with Crippen molar-refractivity contribution in [2.75, 3.05) is 26.4 Å². The lowest BCUT2D eigenvalue weighted by Gasteiger charge is -2.20. The highest BCUT2D eigenvalue weighted by molar-refractivity contribution is 7.47. The largest absolute Gasteiger partial charge is 0.472 e. The molecule has 1 aliphatic rings. The van der Waals surface area contributed by atoms with E-state index in [4.69, 9.17) is 28.4 Å². The van der Waals surface area contributed by atoms with Crippen molar-refractivity contribution in [1.82, 2.24) is 0 Å². The Bertz CT molecular complexity index is 1140. The SMILES string of the molecule is CCCCC/C=C\C/C=C\CC1OC1C/C=C\CCCC(=O)O[C@H](COC(=O)CCCCCCCCCCCCCCCCC(C)C)COP(=O)(O)OC[C@@H](O)CO. The van der Waals surface area contributed by atoms with E-state index < -0.39 is 51.8 Å². The van der Waals surface area contributed by atoms with Crippen molar-refractivity contribution in [3.8, 4) is 0 Å². The molecule has 0 saturated carbocycles. The summed E-state index contributed by atoms with van der Waals surface area (Å²) in [6.45, 7) is 4.62. The van der Waals surface area contributed by atoms with Crippen molar-refractivity contribution in [2.24, 2.45) is 5.92 Å². The van der Waals surface area contributed by atoms with Gasteiger partial charge in [0.2, 0.25) is 0 Å². The number of hydrogen-bond acceptors (Lipinski definition) is 10. The minimum atomic E-state index is -4.64. The molecule has 0 amide bonds. The number of carbonyl (C=O) groups excluding carboxylic acids is 2. The van der Waals surface area contributed by atoms with Gasteiger partial charge in [-0.05, 0) is 57.3 Å². The highest BCUT2D eigenvalue weighted by Crippen LogP contribution is 2.43. The maximum Gasteiger partial charge on any atom is 0.472 e. The van der Waals surface area contributed by atoms with Crippen LogP contribution in [0.5, 0.6) is 0 Å². The van der Waals surface area contributed by atoms with Crippen LogP contribution in [0.15, 0.2) is 36.5 Å². The summed E-state index contributed by atoms with van der Waals surface area (Å²) in [7, 11) is -4.64. The molecule has 0 aliphatic carbocycles. The lowest BCUT2D eigenvalue weighted by Crippen LogP contribution is -2.29. The van der Waals surface area contributed by atoms with Crippen LogP contribution in [-0.4, -0.2) is 77.9 Å². The molecular weight excluding hydrogens is 759 g/mol. The Morgan fingerprint density at radius 1 is 0.655 bits per heavy atom. The summed E-state index contributed by atoms with van der Waals surface area (Å²) in [5.41, 5.74) is 0. The molecule has 58 heavy (non-hydrogen) atoms. The van der Waals surface area contributed by atoms with Gasteiger partial charge in [-0.3, -0.25) is 18.6 Å². The van der Waals surface area contributed by atoms with Crippen LogP contribution in [-0.2, 0) is 37.4 Å². The molecule has 1 fully saturated rings. The third-order valence-corrected chi connectivity index (χ3v) is 11.1.